The van der Waals surface area contributed by atoms with Crippen LogP contribution in [0.3, 0.4) is 0 Å². The Labute approximate surface area is 114 Å². The van der Waals surface area contributed by atoms with Gasteiger partial charge in [-0.1, -0.05) is 12.1 Å². The zero-order valence-corrected chi connectivity index (χ0v) is 10.7. The molecule has 0 radical (unpaired) electrons. The molecule has 0 aliphatic rings. The van der Waals surface area contributed by atoms with E-state index in [1.807, 2.05) is 0 Å². The van der Waals surface area contributed by atoms with Gasteiger partial charge >= 0.3 is 6.18 Å². The summed E-state index contributed by atoms with van der Waals surface area (Å²) in [6.07, 6.45) is -4.38. The van der Waals surface area contributed by atoms with Gasteiger partial charge in [0.25, 0.3) is 0 Å². The lowest BCUT2D eigenvalue weighted by Gasteiger charge is -2.13. The molecular weight excluding hydrogens is 269 g/mol. The van der Waals surface area contributed by atoms with Crippen molar-refractivity contribution in [2.75, 3.05) is 18.2 Å². The molecule has 0 amide bonds. The number of benzene rings is 2. The summed E-state index contributed by atoms with van der Waals surface area (Å²) in [4.78, 5) is 0. The normalized spacial score (nSPS) is 11.2. The Bertz CT molecular complexity index is 612. The van der Waals surface area contributed by atoms with Crippen LogP contribution in [0.15, 0.2) is 42.5 Å². The fourth-order valence-electron chi connectivity index (χ4n) is 1.76. The molecule has 0 fully saturated rings. The van der Waals surface area contributed by atoms with Gasteiger partial charge in [-0.15, -0.1) is 0 Å². The summed E-state index contributed by atoms with van der Waals surface area (Å²) in [7, 11) is 1.47. The second-order valence-electron chi connectivity index (χ2n) is 4.13. The minimum absolute atomic E-state index is 0.305. The van der Waals surface area contributed by atoms with E-state index in [-0.39, 0.29) is 0 Å². The molecule has 3 N–H and O–H groups in total. The van der Waals surface area contributed by atoms with Gasteiger partial charge in [0.2, 0.25) is 0 Å². The van der Waals surface area contributed by atoms with Crippen LogP contribution in [0, 0.1) is 0 Å². The summed E-state index contributed by atoms with van der Waals surface area (Å²) in [6, 6.07) is 9.95. The van der Waals surface area contributed by atoms with Crippen molar-refractivity contribution in [1.29, 1.82) is 0 Å². The fourth-order valence-corrected chi connectivity index (χ4v) is 1.76. The number of methoxy groups -OCH3 is 1. The SMILES string of the molecule is COc1cccc(Nc2cccc(C(F)(F)F)c2)c1N. The Morgan fingerprint density at radius 3 is 2.45 bits per heavy atom. The first kappa shape index (κ1) is 14.0. The van der Waals surface area contributed by atoms with E-state index in [1.165, 1.54) is 19.2 Å². The molecular formula is C14H13F3N2O. The third-order valence-corrected chi connectivity index (χ3v) is 2.75. The monoisotopic (exact) mass is 282 g/mol. The van der Waals surface area contributed by atoms with Crippen molar-refractivity contribution >= 4 is 17.1 Å². The molecule has 2 aromatic rings. The number of halogens is 3. The van der Waals surface area contributed by atoms with Crippen LogP contribution in [-0.4, -0.2) is 7.11 Å². The van der Waals surface area contributed by atoms with Gasteiger partial charge in [-0.25, -0.2) is 0 Å². The number of nitrogens with two attached hydrogens (primary N) is 1. The summed E-state index contributed by atoms with van der Waals surface area (Å²) in [5.74, 6) is 0.460. The van der Waals surface area contributed by atoms with Crippen LogP contribution in [0.25, 0.3) is 0 Å². The molecule has 0 heterocycles. The van der Waals surface area contributed by atoms with Crippen molar-refractivity contribution in [1.82, 2.24) is 0 Å². The number of para-hydroxylation sites is 1. The molecule has 6 heteroatoms. The van der Waals surface area contributed by atoms with E-state index in [0.29, 0.717) is 22.8 Å². The second-order valence-corrected chi connectivity index (χ2v) is 4.13. The van der Waals surface area contributed by atoms with Crippen molar-refractivity contribution in [2.45, 2.75) is 6.18 Å². The highest BCUT2D eigenvalue weighted by molar-refractivity contribution is 5.77. The summed E-state index contributed by atoms with van der Waals surface area (Å²) in [5, 5.41) is 2.85. The van der Waals surface area contributed by atoms with E-state index >= 15 is 0 Å². The predicted molar refractivity (Wildman–Crippen MR) is 72.1 cm³/mol. The van der Waals surface area contributed by atoms with Gasteiger partial charge in [0, 0.05) is 5.69 Å². The van der Waals surface area contributed by atoms with E-state index in [0.717, 1.165) is 12.1 Å². The molecule has 0 spiro atoms. The molecule has 20 heavy (non-hydrogen) atoms. The molecule has 0 aliphatic carbocycles. The fraction of sp³-hybridized carbons (Fsp3) is 0.143. The molecule has 0 saturated carbocycles. The number of hydrogen-bond acceptors (Lipinski definition) is 3. The molecule has 2 aromatic carbocycles. The minimum Gasteiger partial charge on any atom is -0.495 e. The summed E-state index contributed by atoms with van der Waals surface area (Å²) < 4.78 is 43.0. The largest absolute Gasteiger partial charge is 0.495 e. The van der Waals surface area contributed by atoms with E-state index in [2.05, 4.69) is 5.32 Å². The van der Waals surface area contributed by atoms with Crippen LogP contribution >= 0.6 is 0 Å². The van der Waals surface area contributed by atoms with Crippen LogP contribution in [0.1, 0.15) is 5.56 Å². The molecule has 0 aromatic heterocycles. The zero-order chi connectivity index (χ0) is 14.8. The number of alkyl halides is 3. The molecule has 0 bridgehead atoms. The van der Waals surface area contributed by atoms with Gasteiger partial charge in [-0.3, -0.25) is 0 Å². The maximum Gasteiger partial charge on any atom is 0.416 e. The van der Waals surface area contributed by atoms with E-state index in [9.17, 15) is 13.2 Å². The van der Waals surface area contributed by atoms with Gasteiger partial charge in [0.15, 0.2) is 0 Å². The average molecular weight is 282 g/mol. The zero-order valence-electron chi connectivity index (χ0n) is 10.7. The smallest absolute Gasteiger partial charge is 0.416 e. The summed E-state index contributed by atoms with van der Waals surface area (Å²) in [5.41, 5.74) is 6.27. The number of hydrogen-bond donors (Lipinski definition) is 2. The maximum atomic E-state index is 12.6. The number of nitrogen functional groups attached to an aromatic ring is 1. The van der Waals surface area contributed by atoms with Gasteiger partial charge < -0.3 is 15.8 Å². The van der Waals surface area contributed by atoms with Crippen LogP contribution in [0.2, 0.25) is 0 Å². The van der Waals surface area contributed by atoms with Crippen molar-refractivity contribution < 1.29 is 17.9 Å². The first-order valence-electron chi connectivity index (χ1n) is 5.78. The third kappa shape index (κ3) is 2.96. The van der Waals surface area contributed by atoms with E-state index in [4.69, 9.17) is 10.5 Å². The average Bonchev–Trinajstić information content (AvgIpc) is 2.40. The third-order valence-electron chi connectivity index (χ3n) is 2.75. The minimum atomic E-state index is -4.38. The molecule has 0 saturated heterocycles. The molecule has 106 valence electrons. The Kier molecular flexibility index (Phi) is 3.74. The standard InChI is InChI=1S/C14H13F3N2O/c1-20-12-7-3-6-11(13(12)18)19-10-5-2-4-9(8-10)14(15,16)17/h2-8,19H,18H2,1H3. The quantitative estimate of drug-likeness (QED) is 0.835. The highest BCUT2D eigenvalue weighted by atomic mass is 19.4. The summed E-state index contributed by atoms with van der Waals surface area (Å²) >= 11 is 0. The number of anilines is 3. The lowest BCUT2D eigenvalue weighted by atomic mass is 10.2. The van der Waals surface area contributed by atoms with Gasteiger partial charge in [0.1, 0.15) is 5.75 Å². The van der Waals surface area contributed by atoms with Crippen LogP contribution < -0.4 is 15.8 Å². The topological polar surface area (TPSA) is 47.3 Å². The molecule has 0 atom stereocenters. The van der Waals surface area contributed by atoms with Crippen LogP contribution in [0.4, 0.5) is 30.2 Å². The van der Waals surface area contributed by atoms with Crippen molar-refractivity contribution in [3.05, 3.63) is 48.0 Å². The lowest BCUT2D eigenvalue weighted by molar-refractivity contribution is -0.137. The van der Waals surface area contributed by atoms with Crippen molar-refractivity contribution in [3.63, 3.8) is 0 Å². The summed E-state index contributed by atoms with van der Waals surface area (Å²) in [6.45, 7) is 0. The number of ether oxygens (including phenoxy) is 1. The first-order chi connectivity index (χ1) is 9.41. The van der Waals surface area contributed by atoms with E-state index in [1.54, 1.807) is 18.2 Å². The highest BCUT2D eigenvalue weighted by Crippen LogP contribution is 2.34. The number of rotatable bonds is 3. The molecule has 3 nitrogen and oxygen atoms in total. The van der Waals surface area contributed by atoms with E-state index < -0.39 is 11.7 Å². The molecule has 0 aliphatic heterocycles. The Morgan fingerprint density at radius 2 is 1.80 bits per heavy atom. The van der Waals surface area contributed by atoms with Crippen molar-refractivity contribution in [3.8, 4) is 5.75 Å². The Balaban J connectivity index is 2.31. The van der Waals surface area contributed by atoms with Gasteiger partial charge in [-0.2, -0.15) is 13.2 Å². The molecule has 2 rings (SSSR count). The lowest BCUT2D eigenvalue weighted by Crippen LogP contribution is -2.05. The van der Waals surface area contributed by atoms with Crippen molar-refractivity contribution in [2.24, 2.45) is 0 Å². The number of nitrogens with one attached hydrogen (secondary N) is 1. The predicted octanol–water partition coefficient (Wildman–Crippen LogP) is 4.04. The molecule has 0 unspecified atom stereocenters. The van der Waals surface area contributed by atoms with Gasteiger partial charge in [0.05, 0.1) is 24.0 Å². The Hall–Kier alpha value is -2.37. The maximum absolute atomic E-state index is 12.6. The van der Waals surface area contributed by atoms with Crippen LogP contribution in [0.5, 0.6) is 5.75 Å². The second kappa shape index (κ2) is 5.32. The van der Waals surface area contributed by atoms with Crippen LogP contribution in [-0.2, 0) is 6.18 Å². The van der Waals surface area contributed by atoms with Gasteiger partial charge in [-0.05, 0) is 30.3 Å². The Morgan fingerprint density at radius 1 is 1.10 bits per heavy atom. The highest BCUT2D eigenvalue weighted by Gasteiger charge is 2.30. The first-order valence-corrected chi connectivity index (χ1v) is 5.78.